The van der Waals surface area contributed by atoms with Gasteiger partial charge in [0.05, 0.1) is 0 Å². The third-order valence-corrected chi connectivity index (χ3v) is 3.67. The van der Waals surface area contributed by atoms with E-state index in [1.54, 1.807) is 0 Å². The molecule has 1 aliphatic rings. The molecular formula is C15H25N3. The van der Waals surface area contributed by atoms with E-state index in [2.05, 4.69) is 29.3 Å². The van der Waals surface area contributed by atoms with E-state index in [1.165, 1.54) is 31.4 Å². The molecule has 0 bridgehead atoms. The van der Waals surface area contributed by atoms with E-state index in [9.17, 15) is 0 Å². The average molecular weight is 247 g/mol. The van der Waals surface area contributed by atoms with Crippen LogP contribution in [0.15, 0.2) is 24.3 Å². The Morgan fingerprint density at radius 1 is 1.22 bits per heavy atom. The molecule has 3 N–H and O–H groups in total. The van der Waals surface area contributed by atoms with Gasteiger partial charge in [0.25, 0.3) is 0 Å². The Balaban J connectivity index is 1.90. The van der Waals surface area contributed by atoms with Crippen LogP contribution in [-0.4, -0.2) is 25.7 Å². The molecule has 1 unspecified atom stereocenters. The number of hydrogen-bond donors (Lipinski definition) is 2. The second-order valence-corrected chi connectivity index (χ2v) is 5.16. The first-order valence-electron chi connectivity index (χ1n) is 7.13. The van der Waals surface area contributed by atoms with Gasteiger partial charge in [-0.3, -0.25) is 0 Å². The van der Waals surface area contributed by atoms with E-state index in [0.717, 1.165) is 25.3 Å². The van der Waals surface area contributed by atoms with Crippen LogP contribution in [-0.2, 0) is 0 Å². The monoisotopic (exact) mass is 247 g/mol. The van der Waals surface area contributed by atoms with Crippen molar-refractivity contribution in [3.8, 4) is 0 Å². The first-order valence-corrected chi connectivity index (χ1v) is 7.13. The lowest BCUT2D eigenvalue weighted by atomic mass is 10.1. The first kappa shape index (κ1) is 13.2. The number of nitrogen functional groups attached to an aromatic ring is 1. The van der Waals surface area contributed by atoms with Gasteiger partial charge in [-0.25, -0.2) is 0 Å². The molecule has 1 fully saturated rings. The van der Waals surface area contributed by atoms with E-state index in [1.807, 2.05) is 12.1 Å². The lowest BCUT2D eigenvalue weighted by Gasteiger charge is -2.23. The molecule has 0 saturated carbocycles. The van der Waals surface area contributed by atoms with Gasteiger partial charge >= 0.3 is 0 Å². The Morgan fingerprint density at radius 3 is 2.72 bits per heavy atom. The molecule has 1 saturated heterocycles. The molecule has 0 aliphatic carbocycles. The highest BCUT2D eigenvalue weighted by atomic mass is 15.1. The largest absolute Gasteiger partial charge is 0.399 e. The molecule has 0 spiro atoms. The summed E-state index contributed by atoms with van der Waals surface area (Å²) in [6, 6.07) is 8.95. The van der Waals surface area contributed by atoms with Crippen molar-refractivity contribution >= 4 is 11.4 Å². The Morgan fingerprint density at radius 2 is 2.00 bits per heavy atom. The third kappa shape index (κ3) is 3.64. The number of hydrogen-bond acceptors (Lipinski definition) is 3. The number of nitrogens with zero attached hydrogens (tertiary/aromatic N) is 1. The predicted octanol–water partition coefficient (Wildman–Crippen LogP) is 2.63. The quantitative estimate of drug-likeness (QED) is 0.804. The van der Waals surface area contributed by atoms with Gasteiger partial charge in [-0.05, 0) is 56.5 Å². The summed E-state index contributed by atoms with van der Waals surface area (Å²) in [6.07, 6.45) is 5.03. The van der Waals surface area contributed by atoms with Crippen LogP contribution in [0, 0.1) is 0 Å². The van der Waals surface area contributed by atoms with E-state index in [0.29, 0.717) is 6.04 Å². The number of rotatable bonds is 4. The fraction of sp³-hybridized carbons (Fsp3) is 0.600. The van der Waals surface area contributed by atoms with E-state index in [4.69, 9.17) is 5.73 Å². The van der Waals surface area contributed by atoms with Gasteiger partial charge in [0.15, 0.2) is 0 Å². The van der Waals surface area contributed by atoms with Crippen LogP contribution in [0.1, 0.15) is 32.6 Å². The molecule has 0 radical (unpaired) electrons. The molecule has 3 nitrogen and oxygen atoms in total. The van der Waals surface area contributed by atoms with Crippen molar-refractivity contribution in [2.24, 2.45) is 0 Å². The maximum atomic E-state index is 5.74. The summed E-state index contributed by atoms with van der Waals surface area (Å²) < 4.78 is 0. The fourth-order valence-corrected chi connectivity index (χ4v) is 2.59. The van der Waals surface area contributed by atoms with Crippen molar-refractivity contribution in [2.45, 2.75) is 38.6 Å². The zero-order valence-electron chi connectivity index (χ0n) is 11.4. The molecule has 3 heteroatoms. The van der Waals surface area contributed by atoms with Crippen molar-refractivity contribution in [3.05, 3.63) is 24.3 Å². The minimum absolute atomic E-state index is 0.698. The van der Waals surface area contributed by atoms with Crippen molar-refractivity contribution in [2.75, 3.05) is 30.3 Å². The van der Waals surface area contributed by atoms with Gasteiger partial charge in [-0.2, -0.15) is 0 Å². The van der Waals surface area contributed by atoms with Crippen LogP contribution < -0.4 is 16.0 Å². The molecule has 1 aromatic rings. The Kier molecular flexibility index (Phi) is 4.88. The van der Waals surface area contributed by atoms with E-state index < -0.39 is 0 Å². The van der Waals surface area contributed by atoms with Gasteiger partial charge in [-0.15, -0.1) is 0 Å². The number of benzene rings is 1. The van der Waals surface area contributed by atoms with Crippen LogP contribution in [0.5, 0.6) is 0 Å². The predicted molar refractivity (Wildman–Crippen MR) is 79.0 cm³/mol. The Bertz CT molecular complexity index is 347. The summed E-state index contributed by atoms with van der Waals surface area (Å²) >= 11 is 0. The molecule has 1 aliphatic heterocycles. The second kappa shape index (κ2) is 6.64. The van der Waals surface area contributed by atoms with Crippen molar-refractivity contribution in [3.63, 3.8) is 0 Å². The lowest BCUT2D eigenvalue weighted by molar-refractivity contribution is 0.471. The normalized spacial score (nSPS) is 20.7. The molecule has 1 heterocycles. The maximum absolute atomic E-state index is 5.74. The van der Waals surface area contributed by atoms with Crippen molar-refractivity contribution in [1.29, 1.82) is 0 Å². The van der Waals surface area contributed by atoms with Crippen LogP contribution in [0.4, 0.5) is 11.4 Å². The van der Waals surface area contributed by atoms with Crippen LogP contribution >= 0.6 is 0 Å². The van der Waals surface area contributed by atoms with Crippen molar-refractivity contribution < 1.29 is 0 Å². The van der Waals surface area contributed by atoms with Gasteiger partial charge in [0.2, 0.25) is 0 Å². The van der Waals surface area contributed by atoms with Gasteiger partial charge in [0.1, 0.15) is 0 Å². The molecule has 100 valence electrons. The minimum Gasteiger partial charge on any atom is -0.399 e. The zero-order chi connectivity index (χ0) is 12.8. The number of nitrogens with two attached hydrogens (primary N) is 1. The average Bonchev–Trinajstić information content (AvgIpc) is 2.63. The highest BCUT2D eigenvalue weighted by Crippen LogP contribution is 2.20. The zero-order valence-corrected chi connectivity index (χ0v) is 11.4. The van der Waals surface area contributed by atoms with Crippen LogP contribution in [0.3, 0.4) is 0 Å². The summed E-state index contributed by atoms with van der Waals surface area (Å²) in [5.41, 5.74) is 7.88. The third-order valence-electron chi connectivity index (χ3n) is 3.67. The molecule has 1 atom stereocenters. The summed E-state index contributed by atoms with van der Waals surface area (Å²) in [6.45, 7) is 5.68. The summed E-state index contributed by atoms with van der Waals surface area (Å²) in [7, 11) is 0. The van der Waals surface area contributed by atoms with E-state index in [-0.39, 0.29) is 0 Å². The summed E-state index contributed by atoms with van der Waals surface area (Å²) in [4.78, 5) is 2.48. The number of nitrogens with one attached hydrogen (secondary N) is 1. The highest BCUT2D eigenvalue weighted by molar-refractivity contribution is 5.53. The molecule has 18 heavy (non-hydrogen) atoms. The smallest absolute Gasteiger partial charge is 0.0367 e. The Labute approximate surface area is 110 Å². The Hall–Kier alpha value is -1.22. The van der Waals surface area contributed by atoms with E-state index >= 15 is 0 Å². The fourth-order valence-electron chi connectivity index (χ4n) is 2.59. The summed E-state index contributed by atoms with van der Waals surface area (Å²) in [5, 5.41) is 3.65. The van der Waals surface area contributed by atoms with Gasteiger partial charge < -0.3 is 16.0 Å². The number of anilines is 2. The molecule has 2 rings (SSSR count). The highest BCUT2D eigenvalue weighted by Gasteiger charge is 2.16. The van der Waals surface area contributed by atoms with Gasteiger partial charge in [-0.1, -0.05) is 6.92 Å². The molecular weight excluding hydrogens is 222 g/mol. The van der Waals surface area contributed by atoms with Crippen LogP contribution in [0.2, 0.25) is 0 Å². The summed E-state index contributed by atoms with van der Waals surface area (Å²) in [5.74, 6) is 0. The molecule has 0 aromatic heterocycles. The van der Waals surface area contributed by atoms with Crippen LogP contribution in [0.25, 0.3) is 0 Å². The topological polar surface area (TPSA) is 41.3 Å². The maximum Gasteiger partial charge on any atom is 0.0367 e. The standard InChI is InChI=1S/C15H25N3/c1-2-10-17-14-4-3-11-18(12-9-14)15-7-5-13(16)6-8-15/h5-8,14,17H,2-4,9-12,16H2,1H3. The molecule has 0 amide bonds. The SMILES string of the molecule is CCCNC1CCCN(c2ccc(N)cc2)CC1. The van der Waals surface area contributed by atoms with Crippen molar-refractivity contribution in [1.82, 2.24) is 5.32 Å². The minimum atomic E-state index is 0.698. The molecule has 1 aromatic carbocycles. The van der Waals surface area contributed by atoms with Gasteiger partial charge in [0, 0.05) is 30.5 Å². The second-order valence-electron chi connectivity index (χ2n) is 5.16. The first-order chi connectivity index (χ1) is 8.79. The lowest BCUT2D eigenvalue weighted by Crippen LogP contribution is -2.31.